The molecular formula is C36H22BrNS2. The lowest BCUT2D eigenvalue weighted by atomic mass is 10.0. The summed E-state index contributed by atoms with van der Waals surface area (Å²) in [5.41, 5.74) is 5.95. The van der Waals surface area contributed by atoms with Crippen LogP contribution in [0.3, 0.4) is 0 Å². The van der Waals surface area contributed by atoms with Gasteiger partial charge in [0.1, 0.15) is 0 Å². The lowest BCUT2D eigenvalue weighted by Gasteiger charge is -2.27. The summed E-state index contributed by atoms with van der Waals surface area (Å²) in [5, 5.41) is 5.16. The SMILES string of the molecule is Brc1cc(N(c2ccc(-c3ccccc3)cc2)c2cccc3sc4ccccc4c23)c2sc3ccccc3c2c1. The Kier molecular flexibility index (Phi) is 5.73. The highest BCUT2D eigenvalue weighted by Crippen LogP contribution is 2.49. The molecule has 0 saturated heterocycles. The zero-order valence-corrected chi connectivity index (χ0v) is 24.6. The summed E-state index contributed by atoms with van der Waals surface area (Å²) >= 11 is 7.60. The van der Waals surface area contributed by atoms with Gasteiger partial charge in [-0.3, -0.25) is 0 Å². The third-order valence-corrected chi connectivity index (χ3v) is 10.3. The van der Waals surface area contributed by atoms with Crippen LogP contribution in [-0.2, 0) is 0 Å². The van der Waals surface area contributed by atoms with Crippen LogP contribution in [-0.4, -0.2) is 0 Å². The summed E-state index contributed by atoms with van der Waals surface area (Å²) in [6, 6.07) is 48.3. The van der Waals surface area contributed by atoms with Gasteiger partial charge in [-0.2, -0.15) is 0 Å². The summed E-state index contributed by atoms with van der Waals surface area (Å²) < 4.78 is 6.27. The van der Waals surface area contributed by atoms with Crippen LogP contribution in [0.5, 0.6) is 0 Å². The lowest BCUT2D eigenvalue weighted by Crippen LogP contribution is -2.10. The van der Waals surface area contributed by atoms with Crippen molar-refractivity contribution in [1.82, 2.24) is 0 Å². The lowest BCUT2D eigenvalue weighted by molar-refractivity contribution is 1.32. The molecule has 0 atom stereocenters. The zero-order chi connectivity index (χ0) is 26.6. The third kappa shape index (κ3) is 3.87. The number of rotatable bonds is 4. The van der Waals surface area contributed by atoms with E-state index in [4.69, 9.17) is 0 Å². The topological polar surface area (TPSA) is 3.24 Å². The molecule has 0 aliphatic rings. The second kappa shape index (κ2) is 9.60. The van der Waals surface area contributed by atoms with E-state index >= 15 is 0 Å². The smallest absolute Gasteiger partial charge is 0.0651 e. The summed E-state index contributed by atoms with van der Waals surface area (Å²) in [7, 11) is 0. The fourth-order valence-corrected chi connectivity index (χ4v) is 8.49. The first kappa shape index (κ1) is 23.9. The molecule has 0 amide bonds. The van der Waals surface area contributed by atoms with Crippen LogP contribution in [0.4, 0.5) is 17.1 Å². The van der Waals surface area contributed by atoms with Crippen molar-refractivity contribution >= 4 is 96.0 Å². The molecule has 0 radical (unpaired) electrons. The van der Waals surface area contributed by atoms with Crippen molar-refractivity contribution in [2.24, 2.45) is 0 Å². The van der Waals surface area contributed by atoms with E-state index in [0.29, 0.717) is 0 Å². The van der Waals surface area contributed by atoms with Crippen molar-refractivity contribution in [3.8, 4) is 11.1 Å². The molecular weight excluding hydrogens is 590 g/mol. The van der Waals surface area contributed by atoms with Gasteiger partial charge >= 0.3 is 0 Å². The van der Waals surface area contributed by atoms with Crippen molar-refractivity contribution in [1.29, 1.82) is 0 Å². The van der Waals surface area contributed by atoms with Gasteiger partial charge in [0.15, 0.2) is 0 Å². The van der Waals surface area contributed by atoms with Crippen LogP contribution < -0.4 is 4.90 Å². The van der Waals surface area contributed by atoms with Gasteiger partial charge in [-0.15, -0.1) is 22.7 Å². The first-order chi connectivity index (χ1) is 19.7. The predicted octanol–water partition coefficient (Wildman–Crippen LogP) is 12.3. The summed E-state index contributed by atoms with van der Waals surface area (Å²) in [6.45, 7) is 0. The maximum Gasteiger partial charge on any atom is 0.0651 e. The highest BCUT2D eigenvalue weighted by Gasteiger charge is 2.22. The van der Waals surface area contributed by atoms with Crippen molar-refractivity contribution in [3.63, 3.8) is 0 Å². The number of anilines is 3. The molecule has 6 aromatic carbocycles. The first-order valence-electron chi connectivity index (χ1n) is 13.2. The van der Waals surface area contributed by atoms with Gasteiger partial charge in [-0.25, -0.2) is 0 Å². The molecule has 0 aliphatic carbocycles. The van der Waals surface area contributed by atoms with Crippen molar-refractivity contribution in [3.05, 3.63) is 138 Å². The van der Waals surface area contributed by atoms with E-state index in [1.807, 2.05) is 22.7 Å². The van der Waals surface area contributed by atoms with Gasteiger partial charge in [0, 0.05) is 45.8 Å². The molecule has 0 saturated carbocycles. The molecule has 0 bridgehead atoms. The normalized spacial score (nSPS) is 11.6. The van der Waals surface area contributed by atoms with Gasteiger partial charge in [-0.05, 0) is 59.7 Å². The molecule has 4 heteroatoms. The van der Waals surface area contributed by atoms with Gasteiger partial charge in [0.05, 0.1) is 16.1 Å². The Hall–Kier alpha value is -3.96. The minimum absolute atomic E-state index is 1.08. The molecule has 190 valence electrons. The molecule has 40 heavy (non-hydrogen) atoms. The summed E-state index contributed by atoms with van der Waals surface area (Å²) in [6.07, 6.45) is 0. The quantitative estimate of drug-likeness (QED) is 0.191. The number of hydrogen-bond acceptors (Lipinski definition) is 3. The second-order valence-electron chi connectivity index (χ2n) is 9.90. The maximum atomic E-state index is 3.87. The molecule has 0 aliphatic heterocycles. The molecule has 0 fully saturated rings. The van der Waals surface area contributed by atoms with Gasteiger partial charge in [0.2, 0.25) is 0 Å². The van der Waals surface area contributed by atoms with E-state index in [9.17, 15) is 0 Å². The van der Waals surface area contributed by atoms with E-state index < -0.39 is 0 Å². The van der Waals surface area contributed by atoms with Crippen LogP contribution in [0, 0.1) is 0 Å². The largest absolute Gasteiger partial charge is 0.308 e. The summed E-state index contributed by atoms with van der Waals surface area (Å²) in [4.78, 5) is 2.46. The van der Waals surface area contributed by atoms with Crippen LogP contribution in [0.1, 0.15) is 0 Å². The van der Waals surface area contributed by atoms with Crippen molar-refractivity contribution < 1.29 is 0 Å². The number of benzene rings is 6. The van der Waals surface area contributed by atoms with E-state index in [2.05, 4.69) is 154 Å². The predicted molar refractivity (Wildman–Crippen MR) is 180 cm³/mol. The highest BCUT2D eigenvalue weighted by atomic mass is 79.9. The Labute approximate surface area is 248 Å². The highest BCUT2D eigenvalue weighted by molar-refractivity contribution is 9.10. The van der Waals surface area contributed by atoms with Crippen LogP contribution in [0.15, 0.2) is 138 Å². The molecule has 8 rings (SSSR count). The molecule has 1 nitrogen and oxygen atoms in total. The minimum Gasteiger partial charge on any atom is -0.308 e. The standard InChI is InChI=1S/C36H22BrNS2/c37-25-21-29-27-11-4-6-14-32(27)40-36(29)31(22-25)38(26-19-17-24(18-20-26)23-9-2-1-3-10-23)30-13-8-16-34-35(30)28-12-5-7-15-33(28)39-34/h1-22H. The Morgan fingerprint density at radius 1 is 0.475 bits per heavy atom. The monoisotopic (exact) mass is 611 g/mol. The van der Waals surface area contributed by atoms with E-state index in [1.54, 1.807) is 0 Å². The second-order valence-corrected chi connectivity index (χ2v) is 12.9. The number of fused-ring (bicyclic) bond motifs is 6. The first-order valence-corrected chi connectivity index (χ1v) is 15.6. The molecule has 8 aromatic rings. The number of halogens is 1. The van der Waals surface area contributed by atoms with E-state index in [0.717, 1.165) is 10.2 Å². The average molecular weight is 613 g/mol. The number of hydrogen-bond donors (Lipinski definition) is 0. The average Bonchev–Trinajstić information content (AvgIpc) is 3.57. The molecule has 0 N–H and O–H groups in total. The Balaban J connectivity index is 1.44. The van der Waals surface area contributed by atoms with Gasteiger partial charge in [-0.1, -0.05) is 101 Å². The van der Waals surface area contributed by atoms with E-state index in [1.165, 1.54) is 62.8 Å². The molecule has 0 unspecified atom stereocenters. The Morgan fingerprint density at radius 2 is 1.12 bits per heavy atom. The van der Waals surface area contributed by atoms with Crippen molar-refractivity contribution in [2.75, 3.05) is 4.90 Å². The van der Waals surface area contributed by atoms with Crippen LogP contribution >= 0.6 is 38.6 Å². The number of thiophene rings is 2. The zero-order valence-electron chi connectivity index (χ0n) is 21.3. The fourth-order valence-electron chi connectivity index (χ4n) is 5.72. The molecule has 0 spiro atoms. The third-order valence-electron chi connectivity index (χ3n) is 7.52. The number of nitrogens with zero attached hydrogens (tertiary/aromatic N) is 1. The van der Waals surface area contributed by atoms with Crippen LogP contribution in [0.25, 0.3) is 51.5 Å². The molecule has 2 aromatic heterocycles. The van der Waals surface area contributed by atoms with Crippen LogP contribution in [0.2, 0.25) is 0 Å². The Morgan fingerprint density at radius 3 is 1.93 bits per heavy atom. The van der Waals surface area contributed by atoms with Crippen molar-refractivity contribution in [2.45, 2.75) is 0 Å². The molecule has 2 heterocycles. The Bertz CT molecular complexity index is 2180. The summed E-state index contributed by atoms with van der Waals surface area (Å²) in [5.74, 6) is 0. The fraction of sp³-hybridized carbons (Fsp3) is 0. The van der Waals surface area contributed by atoms with Gasteiger partial charge < -0.3 is 4.90 Å². The maximum absolute atomic E-state index is 3.87. The van der Waals surface area contributed by atoms with E-state index in [-0.39, 0.29) is 0 Å². The minimum atomic E-state index is 1.08. The van der Waals surface area contributed by atoms with Gasteiger partial charge in [0.25, 0.3) is 0 Å².